The van der Waals surface area contributed by atoms with E-state index in [1.165, 1.54) is 11.1 Å². The van der Waals surface area contributed by atoms with E-state index in [9.17, 15) is 4.79 Å². The molecule has 9 nitrogen and oxygen atoms in total. The molecule has 0 bridgehead atoms. The summed E-state index contributed by atoms with van der Waals surface area (Å²) in [4.78, 5) is 38.4. The van der Waals surface area contributed by atoms with Crippen molar-refractivity contribution in [3.05, 3.63) is 96.1 Å². The highest BCUT2D eigenvalue weighted by Gasteiger charge is 2.30. The Hall–Kier alpha value is -4.21. The Morgan fingerprint density at radius 1 is 0.634 bits per heavy atom. The minimum atomic E-state index is -1.82. The molecule has 3 aromatic carbocycles. The molecule has 0 radical (unpaired) electrons. The molecule has 2 saturated heterocycles. The highest BCUT2D eigenvalue weighted by atomic mass is 16.5. The lowest BCUT2D eigenvalue weighted by Gasteiger charge is -2.38. The van der Waals surface area contributed by atoms with Gasteiger partial charge in [0.15, 0.2) is 0 Å². The molecule has 0 saturated carbocycles. The van der Waals surface area contributed by atoms with Crippen LogP contribution < -0.4 is 4.74 Å². The molecule has 216 valence electrons. The quantitative estimate of drug-likeness (QED) is 0.415. The van der Waals surface area contributed by atoms with E-state index in [0.717, 1.165) is 76.7 Å². The molecular weight excluding hydrogens is 522 g/mol. The predicted octanol–water partition coefficient (Wildman–Crippen LogP) is 4.19. The Morgan fingerprint density at radius 2 is 1.15 bits per heavy atom. The summed E-state index contributed by atoms with van der Waals surface area (Å²) >= 11 is 0. The average Bonchev–Trinajstić information content (AvgIpc) is 2.99. The number of hydrogen-bond donors (Lipinski definition) is 2. The van der Waals surface area contributed by atoms with Gasteiger partial charge in [0.05, 0.1) is 0 Å². The van der Waals surface area contributed by atoms with Crippen LogP contribution >= 0.6 is 0 Å². The van der Waals surface area contributed by atoms with Gasteiger partial charge in [-0.2, -0.15) is 0 Å². The van der Waals surface area contributed by atoms with Gasteiger partial charge in [0.1, 0.15) is 11.5 Å². The number of amides is 1. The lowest BCUT2D eigenvalue weighted by Crippen LogP contribution is -2.51. The van der Waals surface area contributed by atoms with Gasteiger partial charge in [-0.25, -0.2) is 9.59 Å². The molecule has 0 spiro atoms. The lowest BCUT2D eigenvalue weighted by atomic mass is 9.94. The van der Waals surface area contributed by atoms with Crippen LogP contribution in [0.5, 0.6) is 11.5 Å². The third kappa shape index (κ3) is 9.44. The number of ether oxygens (including phenoxy) is 1. The molecule has 5 rings (SSSR count). The molecule has 0 unspecified atom stereocenters. The topological polar surface area (TPSA) is 111 Å². The number of nitrogens with zero attached hydrogens (tertiary/aromatic N) is 3. The van der Waals surface area contributed by atoms with E-state index in [0.29, 0.717) is 5.91 Å². The Morgan fingerprint density at radius 3 is 1.76 bits per heavy atom. The first-order valence-corrected chi connectivity index (χ1v) is 13.9. The third-order valence-electron chi connectivity index (χ3n) is 7.34. The van der Waals surface area contributed by atoms with Crippen molar-refractivity contribution in [2.45, 2.75) is 25.9 Å². The van der Waals surface area contributed by atoms with Crippen LogP contribution in [0.2, 0.25) is 0 Å². The number of carbonyl (C=O) groups is 3. The van der Waals surface area contributed by atoms with Gasteiger partial charge < -0.3 is 19.8 Å². The predicted molar refractivity (Wildman–Crippen MR) is 155 cm³/mol. The minimum absolute atomic E-state index is 0.166. The van der Waals surface area contributed by atoms with E-state index >= 15 is 0 Å². The van der Waals surface area contributed by atoms with Crippen molar-refractivity contribution in [1.82, 2.24) is 14.7 Å². The third-order valence-corrected chi connectivity index (χ3v) is 7.34. The van der Waals surface area contributed by atoms with Crippen molar-refractivity contribution in [3.63, 3.8) is 0 Å². The van der Waals surface area contributed by atoms with Gasteiger partial charge in [0, 0.05) is 45.2 Å². The van der Waals surface area contributed by atoms with Crippen molar-refractivity contribution in [2.24, 2.45) is 5.92 Å². The summed E-state index contributed by atoms with van der Waals surface area (Å²) in [5.74, 6) is -1.40. The van der Waals surface area contributed by atoms with E-state index in [2.05, 4.69) is 63.2 Å². The summed E-state index contributed by atoms with van der Waals surface area (Å²) < 4.78 is 5.99. The summed E-state index contributed by atoms with van der Waals surface area (Å²) in [6, 6.07) is 28.8. The number of piperidine rings is 1. The van der Waals surface area contributed by atoms with E-state index in [-0.39, 0.29) is 5.92 Å². The Balaban J connectivity index is 0.000000585. The molecule has 0 atom stereocenters. The van der Waals surface area contributed by atoms with Crippen molar-refractivity contribution in [1.29, 1.82) is 0 Å². The molecule has 41 heavy (non-hydrogen) atoms. The summed E-state index contributed by atoms with van der Waals surface area (Å²) in [6.07, 6.45) is 1.90. The number of piperazine rings is 1. The molecule has 3 aromatic rings. The molecule has 2 heterocycles. The second kappa shape index (κ2) is 15.0. The van der Waals surface area contributed by atoms with Crippen LogP contribution in [0, 0.1) is 5.92 Å². The van der Waals surface area contributed by atoms with Gasteiger partial charge in [0.25, 0.3) is 0 Å². The second-order valence-electron chi connectivity index (χ2n) is 10.3. The van der Waals surface area contributed by atoms with Crippen LogP contribution in [0.3, 0.4) is 0 Å². The van der Waals surface area contributed by atoms with Crippen LogP contribution in [-0.2, 0) is 27.5 Å². The van der Waals surface area contributed by atoms with Gasteiger partial charge in [-0.1, -0.05) is 60.7 Å². The Labute approximate surface area is 240 Å². The largest absolute Gasteiger partial charge is 0.473 e. The van der Waals surface area contributed by atoms with Crippen molar-refractivity contribution < 1.29 is 29.3 Å². The second-order valence-corrected chi connectivity index (χ2v) is 10.3. The summed E-state index contributed by atoms with van der Waals surface area (Å²) in [6.45, 7) is 7.41. The smallest absolute Gasteiger partial charge is 0.414 e. The molecule has 0 aromatic heterocycles. The molecule has 2 N–H and O–H groups in total. The normalized spacial score (nSPS) is 16.3. The van der Waals surface area contributed by atoms with Gasteiger partial charge >= 0.3 is 11.9 Å². The molecule has 9 heteroatoms. The van der Waals surface area contributed by atoms with Crippen LogP contribution in [0.15, 0.2) is 84.9 Å². The maximum Gasteiger partial charge on any atom is 0.414 e. The standard InChI is InChI=1S/C30H35N3O2.C2H2O4/c34-30(33-20-18-32(19-21-33)23-25-8-3-1-4-9-25)27-14-16-31(17-15-27)24-26-10-7-13-29(22-26)35-28-11-5-2-6-12-28;3-1(4)2(5)6/h1-13,22,27H,14-21,23-24H2;(H,3,4)(H,5,6). The molecule has 2 aliphatic rings. The number of rotatable bonds is 7. The lowest BCUT2D eigenvalue weighted by molar-refractivity contribution is -0.159. The number of benzene rings is 3. The summed E-state index contributed by atoms with van der Waals surface area (Å²) in [5.41, 5.74) is 2.59. The molecule has 1 amide bonds. The van der Waals surface area contributed by atoms with Crippen molar-refractivity contribution >= 4 is 17.8 Å². The van der Waals surface area contributed by atoms with Crippen LogP contribution in [-0.4, -0.2) is 82.0 Å². The van der Waals surface area contributed by atoms with Gasteiger partial charge in [-0.3, -0.25) is 14.6 Å². The number of carbonyl (C=O) groups excluding carboxylic acids is 1. The maximum absolute atomic E-state index is 13.2. The molecule has 2 aliphatic heterocycles. The zero-order valence-corrected chi connectivity index (χ0v) is 23.1. The fourth-order valence-corrected chi connectivity index (χ4v) is 5.15. The van der Waals surface area contributed by atoms with Gasteiger partial charge in [-0.05, 0) is 61.3 Å². The van der Waals surface area contributed by atoms with Crippen molar-refractivity contribution in [3.8, 4) is 11.5 Å². The fraction of sp³-hybridized carbons (Fsp3) is 0.344. The van der Waals surface area contributed by atoms with E-state index < -0.39 is 11.9 Å². The zero-order chi connectivity index (χ0) is 29.0. The number of hydrogen-bond acceptors (Lipinski definition) is 6. The average molecular weight is 560 g/mol. The number of likely N-dealkylation sites (tertiary alicyclic amines) is 1. The van der Waals surface area contributed by atoms with Gasteiger partial charge in [0.2, 0.25) is 5.91 Å². The Kier molecular flexibility index (Phi) is 10.9. The van der Waals surface area contributed by atoms with Crippen molar-refractivity contribution in [2.75, 3.05) is 39.3 Å². The van der Waals surface area contributed by atoms with Crippen LogP contribution in [0.4, 0.5) is 0 Å². The number of carboxylic acid groups (broad SMARTS) is 2. The first kappa shape index (κ1) is 29.8. The first-order chi connectivity index (χ1) is 19.9. The fourth-order valence-electron chi connectivity index (χ4n) is 5.15. The van der Waals surface area contributed by atoms with E-state index in [1.807, 2.05) is 36.4 Å². The number of carboxylic acids is 2. The Bertz CT molecular complexity index is 1260. The molecule has 2 fully saturated rings. The first-order valence-electron chi connectivity index (χ1n) is 13.9. The molecular formula is C32H37N3O6. The highest BCUT2D eigenvalue weighted by molar-refractivity contribution is 6.27. The minimum Gasteiger partial charge on any atom is -0.473 e. The SMILES string of the molecule is O=C(C1CCN(Cc2cccc(Oc3ccccc3)c2)CC1)N1CCN(Cc2ccccc2)CC1.O=C(O)C(=O)O. The molecule has 0 aliphatic carbocycles. The monoisotopic (exact) mass is 559 g/mol. The number of aliphatic carboxylic acids is 2. The van der Waals surface area contributed by atoms with Gasteiger partial charge in [-0.15, -0.1) is 0 Å². The maximum atomic E-state index is 13.2. The van der Waals surface area contributed by atoms with E-state index in [4.69, 9.17) is 24.5 Å². The number of para-hydroxylation sites is 1. The zero-order valence-electron chi connectivity index (χ0n) is 23.1. The highest BCUT2D eigenvalue weighted by Crippen LogP contribution is 2.25. The summed E-state index contributed by atoms with van der Waals surface area (Å²) in [7, 11) is 0. The summed E-state index contributed by atoms with van der Waals surface area (Å²) in [5, 5.41) is 14.8. The van der Waals surface area contributed by atoms with Crippen LogP contribution in [0.25, 0.3) is 0 Å². The van der Waals surface area contributed by atoms with E-state index in [1.54, 1.807) is 0 Å². The van der Waals surface area contributed by atoms with Crippen LogP contribution in [0.1, 0.15) is 24.0 Å².